The number of carbonyl (C=O) groups is 2. The molecule has 1 aromatic heterocycles. The summed E-state index contributed by atoms with van der Waals surface area (Å²) >= 11 is 0. The highest BCUT2D eigenvalue weighted by Gasteiger charge is 2.31. The van der Waals surface area contributed by atoms with Gasteiger partial charge in [-0.25, -0.2) is 4.68 Å². The molecule has 2 saturated heterocycles. The van der Waals surface area contributed by atoms with Crippen LogP contribution in [0.5, 0.6) is 0 Å². The number of para-hydroxylation sites is 1. The largest absolute Gasteiger partial charge is 0.368 e. The topological polar surface area (TPSA) is 67.7 Å². The van der Waals surface area contributed by atoms with Gasteiger partial charge in [0.15, 0.2) is 0 Å². The highest BCUT2D eigenvalue weighted by molar-refractivity contribution is 5.82. The van der Waals surface area contributed by atoms with Crippen LogP contribution in [-0.4, -0.2) is 70.3 Å². The summed E-state index contributed by atoms with van der Waals surface area (Å²) in [6.07, 6.45) is 5.43. The van der Waals surface area contributed by atoms with E-state index in [0.29, 0.717) is 39.2 Å². The third kappa shape index (κ3) is 4.03. The molecule has 1 unspecified atom stereocenters. The third-order valence-electron chi connectivity index (χ3n) is 5.16. The van der Waals surface area contributed by atoms with Crippen LogP contribution in [0.1, 0.15) is 18.4 Å². The summed E-state index contributed by atoms with van der Waals surface area (Å²) in [7, 11) is 0. The highest BCUT2D eigenvalue weighted by Crippen LogP contribution is 2.16. The molecule has 0 spiro atoms. The van der Waals surface area contributed by atoms with E-state index in [0.717, 1.165) is 24.1 Å². The minimum Gasteiger partial charge on any atom is -0.368 e. The number of aromatic nitrogens is 2. The zero-order chi connectivity index (χ0) is 18.6. The summed E-state index contributed by atoms with van der Waals surface area (Å²) in [5.41, 5.74) is 1.86. The van der Waals surface area contributed by atoms with Gasteiger partial charge in [-0.05, 0) is 30.5 Å². The van der Waals surface area contributed by atoms with Crippen LogP contribution in [0.2, 0.25) is 0 Å². The van der Waals surface area contributed by atoms with Gasteiger partial charge in [0.05, 0.1) is 18.3 Å². The molecule has 27 heavy (non-hydrogen) atoms. The number of ether oxygens (including phenoxy) is 1. The van der Waals surface area contributed by atoms with E-state index in [1.54, 1.807) is 10.9 Å². The smallest absolute Gasteiger partial charge is 0.251 e. The van der Waals surface area contributed by atoms with Crippen molar-refractivity contribution in [3.63, 3.8) is 0 Å². The van der Waals surface area contributed by atoms with Gasteiger partial charge in [-0.3, -0.25) is 9.59 Å². The van der Waals surface area contributed by atoms with E-state index in [2.05, 4.69) is 5.10 Å². The SMILES string of the molecule is O=C(Cc1cnn(-c2ccccc2)c1)N1CCN(C(=O)C2CCCO2)CC1. The molecule has 0 radical (unpaired) electrons. The fraction of sp³-hybridized carbons (Fsp3) is 0.450. The average molecular weight is 368 g/mol. The Hall–Kier alpha value is -2.67. The van der Waals surface area contributed by atoms with Gasteiger partial charge in [0, 0.05) is 39.0 Å². The fourth-order valence-electron chi connectivity index (χ4n) is 3.61. The molecule has 2 aliphatic heterocycles. The third-order valence-corrected chi connectivity index (χ3v) is 5.16. The van der Waals surface area contributed by atoms with Crippen molar-refractivity contribution in [3.05, 3.63) is 48.3 Å². The molecule has 0 N–H and O–H groups in total. The monoisotopic (exact) mass is 368 g/mol. The first-order chi connectivity index (χ1) is 13.2. The van der Waals surface area contributed by atoms with Crippen molar-refractivity contribution in [1.82, 2.24) is 19.6 Å². The lowest BCUT2D eigenvalue weighted by Gasteiger charge is -2.35. The summed E-state index contributed by atoms with van der Waals surface area (Å²) in [5.74, 6) is 0.149. The summed E-state index contributed by atoms with van der Waals surface area (Å²) in [5, 5.41) is 4.34. The maximum atomic E-state index is 12.6. The van der Waals surface area contributed by atoms with Crippen molar-refractivity contribution >= 4 is 11.8 Å². The Kier molecular flexibility index (Phi) is 5.20. The Morgan fingerprint density at radius 1 is 1.07 bits per heavy atom. The van der Waals surface area contributed by atoms with Crippen molar-refractivity contribution in [2.45, 2.75) is 25.4 Å². The van der Waals surface area contributed by atoms with Gasteiger partial charge in [0.1, 0.15) is 6.10 Å². The second kappa shape index (κ2) is 7.92. The van der Waals surface area contributed by atoms with Gasteiger partial charge in [0.2, 0.25) is 5.91 Å². The van der Waals surface area contributed by atoms with Gasteiger partial charge in [0.25, 0.3) is 5.91 Å². The normalized spacial score (nSPS) is 20.1. The van der Waals surface area contributed by atoms with E-state index in [4.69, 9.17) is 4.74 Å². The fourth-order valence-corrected chi connectivity index (χ4v) is 3.61. The van der Waals surface area contributed by atoms with Crippen LogP contribution in [0, 0.1) is 0 Å². The molecule has 3 heterocycles. The molecule has 0 aliphatic carbocycles. The Bertz CT molecular complexity index is 791. The van der Waals surface area contributed by atoms with Gasteiger partial charge >= 0.3 is 0 Å². The standard InChI is InChI=1S/C20H24N4O3/c25-19(13-16-14-21-24(15-16)17-5-2-1-3-6-17)22-8-10-23(11-9-22)20(26)18-7-4-12-27-18/h1-3,5-6,14-15,18H,4,7-13H2. The van der Waals surface area contributed by atoms with E-state index in [1.165, 1.54) is 0 Å². The zero-order valence-electron chi connectivity index (χ0n) is 15.3. The van der Waals surface area contributed by atoms with Crippen molar-refractivity contribution < 1.29 is 14.3 Å². The predicted molar refractivity (Wildman–Crippen MR) is 99.4 cm³/mol. The average Bonchev–Trinajstić information content (AvgIpc) is 3.40. The highest BCUT2D eigenvalue weighted by atomic mass is 16.5. The van der Waals surface area contributed by atoms with Crippen molar-refractivity contribution in [3.8, 4) is 5.69 Å². The van der Waals surface area contributed by atoms with Crippen LogP contribution < -0.4 is 0 Å². The van der Waals surface area contributed by atoms with Crippen LogP contribution in [-0.2, 0) is 20.7 Å². The number of amides is 2. The molecule has 142 valence electrons. The van der Waals surface area contributed by atoms with E-state index >= 15 is 0 Å². The van der Waals surface area contributed by atoms with Gasteiger partial charge < -0.3 is 14.5 Å². The van der Waals surface area contributed by atoms with E-state index in [9.17, 15) is 9.59 Å². The van der Waals surface area contributed by atoms with Crippen LogP contribution in [0.3, 0.4) is 0 Å². The Labute approximate surface area is 158 Å². The zero-order valence-corrected chi connectivity index (χ0v) is 15.3. The van der Waals surface area contributed by atoms with Crippen molar-refractivity contribution in [2.24, 2.45) is 0 Å². The van der Waals surface area contributed by atoms with Gasteiger partial charge in [-0.2, -0.15) is 5.10 Å². The molecule has 1 aromatic carbocycles. The van der Waals surface area contributed by atoms with Crippen molar-refractivity contribution in [1.29, 1.82) is 0 Å². The molecule has 7 heteroatoms. The van der Waals surface area contributed by atoms with E-state index in [1.807, 2.05) is 46.3 Å². The van der Waals surface area contributed by atoms with Gasteiger partial charge in [-0.1, -0.05) is 18.2 Å². The Morgan fingerprint density at radius 2 is 1.81 bits per heavy atom. The number of carbonyl (C=O) groups excluding carboxylic acids is 2. The number of rotatable bonds is 4. The lowest BCUT2D eigenvalue weighted by atomic mass is 10.2. The molecule has 0 bridgehead atoms. The number of benzene rings is 1. The summed E-state index contributed by atoms with van der Waals surface area (Å²) in [6, 6.07) is 9.82. The Morgan fingerprint density at radius 3 is 2.52 bits per heavy atom. The maximum absolute atomic E-state index is 12.6. The first kappa shape index (κ1) is 17.7. The van der Waals surface area contributed by atoms with Gasteiger partial charge in [-0.15, -0.1) is 0 Å². The summed E-state index contributed by atoms with van der Waals surface area (Å²) in [6.45, 7) is 2.97. The molecular formula is C20H24N4O3. The first-order valence-electron chi connectivity index (χ1n) is 9.48. The van der Waals surface area contributed by atoms with Crippen LogP contribution in [0.4, 0.5) is 0 Å². The quantitative estimate of drug-likeness (QED) is 0.815. The van der Waals surface area contributed by atoms with Crippen LogP contribution in [0.15, 0.2) is 42.7 Å². The molecule has 0 saturated carbocycles. The molecule has 2 aliphatic rings. The molecule has 1 atom stereocenters. The second-order valence-electron chi connectivity index (χ2n) is 7.01. The number of hydrogen-bond acceptors (Lipinski definition) is 4. The summed E-state index contributed by atoms with van der Waals surface area (Å²) < 4.78 is 7.26. The lowest BCUT2D eigenvalue weighted by Crippen LogP contribution is -2.53. The predicted octanol–water partition coefficient (Wildman–Crippen LogP) is 1.26. The Balaban J connectivity index is 1.30. The maximum Gasteiger partial charge on any atom is 0.251 e. The minimum absolute atomic E-state index is 0.0729. The number of nitrogens with zero attached hydrogens (tertiary/aromatic N) is 4. The molecule has 2 fully saturated rings. The molecular weight excluding hydrogens is 344 g/mol. The molecule has 2 aromatic rings. The van der Waals surface area contributed by atoms with Crippen molar-refractivity contribution in [2.75, 3.05) is 32.8 Å². The lowest BCUT2D eigenvalue weighted by molar-refractivity contribution is -0.145. The van der Waals surface area contributed by atoms with Crippen LogP contribution in [0.25, 0.3) is 5.69 Å². The molecule has 4 rings (SSSR count). The molecule has 7 nitrogen and oxygen atoms in total. The minimum atomic E-state index is -0.281. The van der Waals surface area contributed by atoms with E-state index < -0.39 is 0 Å². The van der Waals surface area contributed by atoms with Crippen LogP contribution >= 0.6 is 0 Å². The summed E-state index contributed by atoms with van der Waals surface area (Å²) in [4.78, 5) is 28.7. The second-order valence-corrected chi connectivity index (χ2v) is 7.01. The number of piperazine rings is 1. The number of hydrogen-bond donors (Lipinski definition) is 0. The molecule has 2 amide bonds. The first-order valence-corrected chi connectivity index (χ1v) is 9.48. The van der Waals surface area contributed by atoms with E-state index in [-0.39, 0.29) is 17.9 Å².